The molecule has 19 heavy (non-hydrogen) atoms. The van der Waals surface area contributed by atoms with Crippen LogP contribution in [0.25, 0.3) is 0 Å². The lowest BCUT2D eigenvalue weighted by molar-refractivity contribution is 0.0646. The Hall–Kier alpha value is -1.46. The number of nitrogens with zero attached hydrogens (tertiary/aromatic N) is 1. The summed E-state index contributed by atoms with van der Waals surface area (Å²) in [4.78, 5) is 18.5. The molecule has 1 aliphatic heterocycles. The Labute approximate surface area is 112 Å². The van der Waals surface area contributed by atoms with E-state index in [4.69, 9.17) is 5.90 Å². The van der Waals surface area contributed by atoms with Gasteiger partial charge in [-0.25, -0.2) is 10.3 Å². The zero-order chi connectivity index (χ0) is 13.7. The highest BCUT2D eigenvalue weighted by Gasteiger charge is 2.24. The first-order valence-corrected chi connectivity index (χ1v) is 6.58. The summed E-state index contributed by atoms with van der Waals surface area (Å²) >= 11 is 0. The number of piperidine rings is 1. The maximum atomic E-state index is 13.6. The number of carbonyl (C=O) groups is 1. The average Bonchev–Trinajstić information content (AvgIpc) is 2.45. The van der Waals surface area contributed by atoms with Gasteiger partial charge in [0.05, 0.1) is 12.2 Å². The van der Waals surface area contributed by atoms with E-state index in [1.807, 2.05) is 0 Å². The number of amides is 1. The van der Waals surface area contributed by atoms with Crippen molar-refractivity contribution in [3.8, 4) is 0 Å². The average molecular weight is 266 g/mol. The second kappa shape index (κ2) is 6.63. The van der Waals surface area contributed by atoms with E-state index in [9.17, 15) is 9.18 Å². The number of hydrogen-bond donors (Lipinski definition) is 1. The molecule has 0 bridgehead atoms. The van der Waals surface area contributed by atoms with Crippen molar-refractivity contribution in [1.82, 2.24) is 4.90 Å². The van der Waals surface area contributed by atoms with Crippen LogP contribution in [-0.2, 0) is 4.84 Å². The first kappa shape index (κ1) is 14.0. The normalized spacial score (nSPS) is 16.6. The Bertz CT molecular complexity index is 431. The van der Waals surface area contributed by atoms with Crippen LogP contribution in [-0.4, -0.2) is 30.5 Å². The molecule has 5 heteroatoms. The van der Waals surface area contributed by atoms with E-state index in [-0.39, 0.29) is 11.5 Å². The topological polar surface area (TPSA) is 55.6 Å². The van der Waals surface area contributed by atoms with E-state index in [1.165, 1.54) is 12.1 Å². The molecule has 2 rings (SSSR count). The summed E-state index contributed by atoms with van der Waals surface area (Å²) < 4.78 is 13.6. The van der Waals surface area contributed by atoms with Crippen molar-refractivity contribution in [1.29, 1.82) is 0 Å². The van der Waals surface area contributed by atoms with Gasteiger partial charge in [0.2, 0.25) is 0 Å². The number of carbonyl (C=O) groups excluding carboxylic acids is 1. The Morgan fingerprint density at radius 3 is 2.68 bits per heavy atom. The molecular formula is C14H19FN2O2. The maximum Gasteiger partial charge on any atom is 0.256 e. The Morgan fingerprint density at radius 2 is 2.05 bits per heavy atom. The molecule has 0 aromatic heterocycles. The summed E-state index contributed by atoms with van der Waals surface area (Å²) in [5.41, 5.74) is 0.159. The van der Waals surface area contributed by atoms with Crippen LogP contribution >= 0.6 is 0 Å². The molecule has 0 aliphatic carbocycles. The van der Waals surface area contributed by atoms with Gasteiger partial charge in [-0.2, -0.15) is 0 Å². The first-order valence-electron chi connectivity index (χ1n) is 6.58. The second-order valence-electron chi connectivity index (χ2n) is 4.87. The third-order valence-corrected chi connectivity index (χ3v) is 3.65. The Balaban J connectivity index is 1.91. The SMILES string of the molecule is NOCCC1CCN(C(=O)c2ccccc2F)CC1. The maximum absolute atomic E-state index is 13.6. The van der Waals surface area contributed by atoms with Gasteiger partial charge < -0.3 is 9.74 Å². The van der Waals surface area contributed by atoms with Crippen LogP contribution in [0.5, 0.6) is 0 Å². The van der Waals surface area contributed by atoms with Gasteiger partial charge in [-0.1, -0.05) is 12.1 Å². The summed E-state index contributed by atoms with van der Waals surface area (Å²) in [5.74, 6) is 4.87. The second-order valence-corrected chi connectivity index (χ2v) is 4.87. The molecular weight excluding hydrogens is 247 g/mol. The van der Waals surface area contributed by atoms with Crippen LogP contribution < -0.4 is 5.90 Å². The zero-order valence-electron chi connectivity index (χ0n) is 10.8. The molecule has 4 nitrogen and oxygen atoms in total. The highest BCUT2D eigenvalue weighted by Crippen LogP contribution is 2.22. The standard InChI is InChI=1S/C14H19FN2O2/c15-13-4-2-1-3-12(13)14(18)17-8-5-11(6-9-17)7-10-19-16/h1-4,11H,5-10,16H2. The van der Waals surface area contributed by atoms with E-state index in [0.29, 0.717) is 25.6 Å². The van der Waals surface area contributed by atoms with Gasteiger partial charge in [-0.05, 0) is 37.3 Å². The molecule has 0 spiro atoms. The quantitative estimate of drug-likeness (QED) is 0.848. The van der Waals surface area contributed by atoms with Crippen LogP contribution in [0.4, 0.5) is 4.39 Å². The van der Waals surface area contributed by atoms with Gasteiger partial charge in [0, 0.05) is 13.1 Å². The predicted molar refractivity (Wildman–Crippen MR) is 69.8 cm³/mol. The third kappa shape index (κ3) is 3.52. The molecule has 0 radical (unpaired) electrons. The van der Waals surface area contributed by atoms with Gasteiger partial charge in [0.25, 0.3) is 5.91 Å². The van der Waals surface area contributed by atoms with Crippen LogP contribution in [0, 0.1) is 11.7 Å². The minimum atomic E-state index is -0.453. The Kier molecular flexibility index (Phi) is 4.87. The molecule has 1 aromatic rings. The van der Waals surface area contributed by atoms with E-state index in [0.717, 1.165) is 19.3 Å². The summed E-state index contributed by atoms with van der Waals surface area (Å²) in [6.45, 7) is 1.89. The molecule has 1 heterocycles. The van der Waals surface area contributed by atoms with E-state index in [1.54, 1.807) is 17.0 Å². The largest absolute Gasteiger partial charge is 0.339 e. The van der Waals surface area contributed by atoms with E-state index >= 15 is 0 Å². The van der Waals surface area contributed by atoms with Crippen molar-refractivity contribution in [2.75, 3.05) is 19.7 Å². The van der Waals surface area contributed by atoms with E-state index in [2.05, 4.69) is 4.84 Å². The van der Waals surface area contributed by atoms with Crippen molar-refractivity contribution in [2.24, 2.45) is 11.8 Å². The monoisotopic (exact) mass is 266 g/mol. The fourth-order valence-corrected chi connectivity index (χ4v) is 2.46. The summed E-state index contributed by atoms with van der Waals surface area (Å²) in [6.07, 6.45) is 2.76. The third-order valence-electron chi connectivity index (χ3n) is 3.65. The lowest BCUT2D eigenvalue weighted by atomic mass is 9.93. The molecule has 1 aromatic carbocycles. The van der Waals surface area contributed by atoms with Crippen LogP contribution in [0.1, 0.15) is 29.6 Å². The van der Waals surface area contributed by atoms with Crippen LogP contribution in [0.15, 0.2) is 24.3 Å². The van der Waals surface area contributed by atoms with Crippen molar-refractivity contribution in [3.63, 3.8) is 0 Å². The summed E-state index contributed by atoms with van der Waals surface area (Å²) in [7, 11) is 0. The lowest BCUT2D eigenvalue weighted by Gasteiger charge is -2.32. The molecule has 0 unspecified atom stereocenters. The molecule has 1 aliphatic rings. The molecule has 104 valence electrons. The van der Waals surface area contributed by atoms with Crippen LogP contribution in [0.2, 0.25) is 0 Å². The smallest absolute Gasteiger partial charge is 0.256 e. The predicted octanol–water partition coefficient (Wildman–Crippen LogP) is 1.96. The summed E-state index contributed by atoms with van der Waals surface area (Å²) in [5, 5.41) is 0. The molecule has 2 N–H and O–H groups in total. The number of benzene rings is 1. The number of rotatable bonds is 4. The van der Waals surface area contributed by atoms with Gasteiger partial charge in [-0.15, -0.1) is 0 Å². The fourth-order valence-electron chi connectivity index (χ4n) is 2.46. The number of likely N-dealkylation sites (tertiary alicyclic amines) is 1. The van der Waals surface area contributed by atoms with Gasteiger partial charge in [0.1, 0.15) is 5.82 Å². The van der Waals surface area contributed by atoms with Crippen molar-refractivity contribution < 1.29 is 14.0 Å². The first-order chi connectivity index (χ1) is 9.22. The fraction of sp³-hybridized carbons (Fsp3) is 0.500. The van der Waals surface area contributed by atoms with Crippen molar-refractivity contribution >= 4 is 5.91 Å². The summed E-state index contributed by atoms with van der Waals surface area (Å²) in [6, 6.07) is 6.12. The van der Waals surface area contributed by atoms with Crippen molar-refractivity contribution in [2.45, 2.75) is 19.3 Å². The number of nitrogens with two attached hydrogens (primary N) is 1. The lowest BCUT2D eigenvalue weighted by Crippen LogP contribution is -2.39. The van der Waals surface area contributed by atoms with Crippen LogP contribution in [0.3, 0.4) is 0 Å². The molecule has 0 saturated carbocycles. The molecule has 1 fully saturated rings. The highest BCUT2D eigenvalue weighted by atomic mass is 19.1. The molecule has 1 saturated heterocycles. The van der Waals surface area contributed by atoms with Gasteiger partial charge in [0.15, 0.2) is 0 Å². The number of hydrogen-bond acceptors (Lipinski definition) is 3. The Morgan fingerprint density at radius 1 is 1.37 bits per heavy atom. The molecule has 0 atom stereocenters. The number of halogens is 1. The van der Waals surface area contributed by atoms with E-state index < -0.39 is 5.82 Å². The highest BCUT2D eigenvalue weighted by molar-refractivity contribution is 5.94. The minimum Gasteiger partial charge on any atom is -0.339 e. The van der Waals surface area contributed by atoms with Crippen molar-refractivity contribution in [3.05, 3.63) is 35.6 Å². The molecule has 1 amide bonds. The van der Waals surface area contributed by atoms with Gasteiger partial charge >= 0.3 is 0 Å². The zero-order valence-corrected chi connectivity index (χ0v) is 10.8. The minimum absolute atomic E-state index is 0.159. The van der Waals surface area contributed by atoms with Gasteiger partial charge in [-0.3, -0.25) is 4.79 Å².